The number of carbonyl (C=O) groups is 9. The topological polar surface area (TPSA) is 413 Å². The molecule has 4 rings (SSSR count). The van der Waals surface area contributed by atoms with E-state index < -0.39 is 127 Å². The van der Waals surface area contributed by atoms with E-state index in [0.29, 0.717) is 42.4 Å². The molecule has 0 bridgehead atoms. The number of para-hydroxylation sites is 1. The fourth-order valence-electron chi connectivity index (χ4n) is 8.46. The molecule has 0 aliphatic heterocycles. The molecule has 0 aliphatic rings. The summed E-state index contributed by atoms with van der Waals surface area (Å²) < 4.78 is 0. The normalized spacial score (nSPS) is 14.8. The number of thiol groups is 1. The second-order valence-corrected chi connectivity index (χ2v) is 20.1. The van der Waals surface area contributed by atoms with Gasteiger partial charge >= 0.3 is 0 Å². The number of carbonyl (C=O) groups excluding carboxylic acids is 10. The van der Waals surface area contributed by atoms with Crippen LogP contribution in [0.3, 0.4) is 0 Å². The third-order valence-electron chi connectivity index (χ3n) is 13.2. The van der Waals surface area contributed by atoms with E-state index in [1.54, 1.807) is 79.2 Å². The SMILES string of the molecule is C[C@H](NC(=O)[C@H](CCCCN)NC(=O)[C@H](CS)NC(=O)CNC(=O)[C@H](N)CO)C(=O)N[C@@H](Cc1ccccc1)C(=O)N[C@@H](Cc1ccccc1)C(=O)N[C@H](Cc1c[nH]c2ccccc12)C(=O)N[C@@H](CCCCN)C(=O)N[C@H]([C]=O)[C@@H](C)O. The van der Waals surface area contributed by atoms with Crippen LogP contribution in [0.25, 0.3) is 10.9 Å². The highest BCUT2D eigenvalue weighted by Crippen LogP contribution is 2.20. The summed E-state index contributed by atoms with van der Waals surface area (Å²) in [6.07, 6.45) is 3.53. The van der Waals surface area contributed by atoms with Crippen molar-refractivity contribution >= 4 is 83.0 Å². The minimum atomic E-state index is -1.40. The van der Waals surface area contributed by atoms with Crippen LogP contribution < -0.4 is 65.1 Å². The van der Waals surface area contributed by atoms with Crippen molar-refractivity contribution in [3.05, 3.63) is 108 Å². The summed E-state index contributed by atoms with van der Waals surface area (Å²) in [6, 6.07) is 12.7. The first-order valence-corrected chi connectivity index (χ1v) is 27.7. The zero-order valence-corrected chi connectivity index (χ0v) is 46.9. The number of benzene rings is 3. The molecule has 3 aromatic carbocycles. The van der Waals surface area contributed by atoms with Gasteiger partial charge in [-0.25, -0.2) is 0 Å². The monoisotopic (exact) mass is 1160 g/mol. The number of amides is 9. The van der Waals surface area contributed by atoms with Crippen molar-refractivity contribution in [1.29, 1.82) is 0 Å². The van der Waals surface area contributed by atoms with Crippen LogP contribution in [-0.2, 0) is 67.2 Å². The number of aromatic nitrogens is 1. The third kappa shape index (κ3) is 22.0. The molecule has 1 heterocycles. The van der Waals surface area contributed by atoms with Gasteiger partial charge in [-0.05, 0) is 88.2 Å². The molecule has 0 spiro atoms. The number of aliphatic hydroxyl groups excluding tert-OH is 2. The third-order valence-corrected chi connectivity index (χ3v) is 13.5. The number of nitrogens with one attached hydrogen (secondary N) is 10. The predicted molar refractivity (Wildman–Crippen MR) is 309 cm³/mol. The average molecular weight is 1160 g/mol. The lowest BCUT2D eigenvalue weighted by Gasteiger charge is -2.28. The van der Waals surface area contributed by atoms with Gasteiger partial charge in [0.2, 0.25) is 59.5 Å². The Bertz CT molecular complexity index is 2740. The smallest absolute Gasteiger partial charge is 0.244 e. The van der Waals surface area contributed by atoms with Crippen LogP contribution in [-0.4, -0.2) is 167 Å². The largest absolute Gasteiger partial charge is 0.394 e. The lowest BCUT2D eigenvalue weighted by molar-refractivity contribution is -0.135. The predicted octanol–water partition coefficient (Wildman–Crippen LogP) is -2.79. The summed E-state index contributed by atoms with van der Waals surface area (Å²) in [4.78, 5) is 139. The molecule has 0 saturated carbocycles. The highest BCUT2D eigenvalue weighted by atomic mass is 32.1. The minimum absolute atomic E-state index is 0.0645. The number of hydrogen-bond donors (Lipinski definition) is 16. The first-order chi connectivity index (χ1) is 39.3. The van der Waals surface area contributed by atoms with Crippen molar-refractivity contribution in [3.8, 4) is 0 Å². The molecule has 18 N–H and O–H groups in total. The molecule has 0 saturated heterocycles. The molecule has 4 aromatic rings. The zero-order valence-electron chi connectivity index (χ0n) is 46.0. The van der Waals surface area contributed by atoms with Gasteiger partial charge in [0, 0.05) is 42.1 Å². The average Bonchev–Trinajstić information content (AvgIpc) is 4.00. The van der Waals surface area contributed by atoms with E-state index in [2.05, 4.69) is 65.5 Å². The number of nitrogens with two attached hydrogens (primary N) is 3. The molecule has 10 atom stereocenters. The van der Waals surface area contributed by atoms with Crippen molar-refractivity contribution in [2.75, 3.05) is 32.0 Å². The summed E-state index contributed by atoms with van der Waals surface area (Å²) in [5.74, 6) is -7.43. The molecule has 26 heteroatoms. The molecular weight excluding hydrogens is 1080 g/mol. The fourth-order valence-corrected chi connectivity index (χ4v) is 8.72. The molecule has 25 nitrogen and oxygen atoms in total. The van der Waals surface area contributed by atoms with Gasteiger partial charge in [-0.15, -0.1) is 0 Å². The maximum Gasteiger partial charge on any atom is 0.244 e. The van der Waals surface area contributed by atoms with E-state index in [4.69, 9.17) is 22.3 Å². The van der Waals surface area contributed by atoms with Gasteiger partial charge < -0.3 is 80.2 Å². The Labute approximate surface area is 481 Å². The Kier molecular flexibility index (Phi) is 28.6. The molecule has 1 radical (unpaired) electrons. The van der Waals surface area contributed by atoms with Crippen LogP contribution in [0.2, 0.25) is 0 Å². The highest BCUT2D eigenvalue weighted by molar-refractivity contribution is 7.80. The summed E-state index contributed by atoms with van der Waals surface area (Å²) >= 11 is 4.17. The van der Waals surface area contributed by atoms with Crippen LogP contribution in [0.15, 0.2) is 91.1 Å². The van der Waals surface area contributed by atoms with Crippen molar-refractivity contribution in [1.82, 2.24) is 52.8 Å². The maximum absolute atomic E-state index is 14.8. The van der Waals surface area contributed by atoms with Gasteiger partial charge in [0.25, 0.3) is 0 Å². The second kappa shape index (κ2) is 35.2. The van der Waals surface area contributed by atoms with Crippen LogP contribution in [0.1, 0.15) is 69.1 Å². The van der Waals surface area contributed by atoms with Gasteiger partial charge in [0.1, 0.15) is 54.4 Å². The van der Waals surface area contributed by atoms with E-state index in [9.17, 15) is 53.1 Å². The van der Waals surface area contributed by atoms with Crippen LogP contribution in [0.4, 0.5) is 0 Å². The zero-order chi connectivity index (χ0) is 60.1. The number of aliphatic hydroxyl groups is 2. The Hall–Kier alpha value is -7.75. The molecule has 445 valence electrons. The Morgan fingerprint density at radius 1 is 0.561 bits per heavy atom. The van der Waals surface area contributed by atoms with Crippen LogP contribution >= 0.6 is 12.6 Å². The lowest BCUT2D eigenvalue weighted by Crippen LogP contribution is -2.61. The highest BCUT2D eigenvalue weighted by Gasteiger charge is 2.35. The van der Waals surface area contributed by atoms with Crippen molar-refractivity contribution < 1.29 is 58.2 Å². The van der Waals surface area contributed by atoms with E-state index >= 15 is 0 Å². The van der Waals surface area contributed by atoms with Crippen LogP contribution in [0.5, 0.6) is 0 Å². The number of unbranched alkanes of at least 4 members (excludes halogenated alkanes) is 2. The maximum atomic E-state index is 14.8. The summed E-state index contributed by atoms with van der Waals surface area (Å²) in [5.41, 5.74) is 19.5. The summed E-state index contributed by atoms with van der Waals surface area (Å²) in [7, 11) is 0. The standard InChI is InChI=1S/C56H78N13O12S/c1-33(62-51(76)41(21-11-13-23-57)65-56(81)47(32-82)63-48(73)29-61-50(75)39(59)30-70)49(74)66-43(25-35-15-5-3-6-16-35)53(78)67-44(26-36-17-7-4-8-18-36)54(79)68-45(27-37-28-60-40-20-10-9-19-38(37)40)55(80)64-42(22-12-14-24-58)52(77)69-46(31-71)34(2)72/h3-10,15-20,28,33-34,39,41-47,60,70,72,82H,11-14,21-27,29-30,32,57-59H2,1-2H3,(H,61,75)(H,62,76)(H,63,73)(H,64,80)(H,65,81)(H,66,74)(H,67,78)(H,68,79)(H,69,77)/t33-,34+,39+,41-,42-,43-,44-,45+,46+,47-/m0/s1. The van der Waals surface area contributed by atoms with Gasteiger partial charge in [0.05, 0.1) is 19.3 Å². The van der Waals surface area contributed by atoms with Crippen molar-refractivity contribution in [2.45, 2.75) is 132 Å². The molecule has 0 aliphatic carbocycles. The summed E-state index contributed by atoms with van der Waals surface area (Å²) in [5, 5.41) is 43.2. The molecular formula is C56H78N13O12S. The van der Waals surface area contributed by atoms with Gasteiger partial charge in [0.15, 0.2) is 0 Å². The molecule has 0 unspecified atom stereocenters. The lowest BCUT2D eigenvalue weighted by atomic mass is 10.00. The van der Waals surface area contributed by atoms with E-state index in [-0.39, 0.29) is 50.9 Å². The second-order valence-electron chi connectivity index (χ2n) is 19.7. The van der Waals surface area contributed by atoms with Gasteiger partial charge in [-0.3, -0.25) is 47.9 Å². The first kappa shape index (κ1) is 66.8. The van der Waals surface area contributed by atoms with Gasteiger partial charge in [-0.2, -0.15) is 12.6 Å². The van der Waals surface area contributed by atoms with Crippen molar-refractivity contribution in [3.63, 3.8) is 0 Å². The molecule has 0 fully saturated rings. The van der Waals surface area contributed by atoms with Gasteiger partial charge in [-0.1, -0.05) is 78.9 Å². The Morgan fingerprint density at radius 3 is 1.50 bits per heavy atom. The number of aromatic amines is 1. The summed E-state index contributed by atoms with van der Waals surface area (Å²) in [6.45, 7) is 1.98. The number of hydrogen-bond acceptors (Lipinski definition) is 16. The fraction of sp³-hybridized carbons (Fsp3) is 0.464. The minimum Gasteiger partial charge on any atom is -0.394 e. The Balaban J connectivity index is 1.61. The quantitative estimate of drug-likeness (QED) is 0.0162. The molecule has 82 heavy (non-hydrogen) atoms. The Morgan fingerprint density at radius 2 is 1.01 bits per heavy atom. The number of rotatable bonds is 36. The van der Waals surface area contributed by atoms with Crippen LogP contribution in [0, 0.1) is 0 Å². The number of fused-ring (bicyclic) bond motifs is 1. The van der Waals surface area contributed by atoms with E-state index in [1.165, 1.54) is 13.8 Å². The molecule has 9 amide bonds. The van der Waals surface area contributed by atoms with E-state index in [1.807, 2.05) is 18.2 Å². The molecule has 1 aromatic heterocycles. The first-order valence-electron chi connectivity index (χ1n) is 27.1. The van der Waals surface area contributed by atoms with Crippen molar-refractivity contribution in [2.24, 2.45) is 17.2 Å². The number of H-pyrrole nitrogens is 1. The van der Waals surface area contributed by atoms with E-state index in [0.717, 1.165) is 10.9 Å².